The van der Waals surface area contributed by atoms with Crippen molar-refractivity contribution < 1.29 is 4.39 Å². The summed E-state index contributed by atoms with van der Waals surface area (Å²) < 4.78 is 13.1. The highest BCUT2D eigenvalue weighted by atomic mass is 19.1. The van der Waals surface area contributed by atoms with Crippen molar-refractivity contribution in [3.8, 4) is 6.07 Å². The predicted molar refractivity (Wildman–Crippen MR) is 50.9 cm³/mol. The van der Waals surface area contributed by atoms with E-state index in [1.54, 1.807) is 12.1 Å². The van der Waals surface area contributed by atoms with E-state index in [1.165, 1.54) is 6.20 Å². The van der Waals surface area contributed by atoms with Crippen molar-refractivity contribution in [2.45, 2.75) is 0 Å². The Morgan fingerprint density at radius 2 is 2.43 bits per heavy atom. The van der Waals surface area contributed by atoms with Crippen molar-refractivity contribution in [2.75, 3.05) is 0 Å². The molecule has 1 N–H and O–H groups in total. The highest BCUT2D eigenvalue weighted by Crippen LogP contribution is 2.20. The summed E-state index contributed by atoms with van der Waals surface area (Å²) in [6.45, 7) is 3.59. The van der Waals surface area contributed by atoms with Crippen LogP contribution in [0.15, 0.2) is 18.8 Å². The van der Waals surface area contributed by atoms with E-state index in [0.717, 1.165) is 0 Å². The van der Waals surface area contributed by atoms with Crippen LogP contribution in [0.2, 0.25) is 0 Å². The molecule has 0 aliphatic heterocycles. The van der Waals surface area contributed by atoms with Crippen LogP contribution in [0.25, 0.3) is 17.1 Å². The molecule has 0 aromatic carbocycles. The molecule has 0 radical (unpaired) electrons. The summed E-state index contributed by atoms with van der Waals surface area (Å²) in [4.78, 5) is 6.59. The second kappa shape index (κ2) is 2.96. The molecule has 2 aromatic rings. The summed E-state index contributed by atoms with van der Waals surface area (Å²) in [6.07, 6.45) is 2.77. The van der Waals surface area contributed by atoms with Crippen molar-refractivity contribution in [1.29, 1.82) is 5.26 Å². The number of nitriles is 1. The minimum Gasteiger partial charge on any atom is -0.357 e. The second-order valence-electron chi connectivity index (χ2n) is 2.77. The number of pyridine rings is 1. The van der Waals surface area contributed by atoms with Gasteiger partial charge in [-0.05, 0) is 6.07 Å². The van der Waals surface area contributed by atoms with E-state index in [9.17, 15) is 4.39 Å². The first-order valence-corrected chi connectivity index (χ1v) is 3.96. The van der Waals surface area contributed by atoms with Crippen LogP contribution in [-0.2, 0) is 0 Å². The maximum atomic E-state index is 13.1. The quantitative estimate of drug-likeness (QED) is 0.744. The largest absolute Gasteiger partial charge is 0.357 e. The number of aromatic amines is 1. The van der Waals surface area contributed by atoms with Crippen LogP contribution in [0, 0.1) is 17.1 Å². The van der Waals surface area contributed by atoms with E-state index in [-0.39, 0.29) is 11.2 Å². The molecule has 2 rings (SSSR count). The maximum absolute atomic E-state index is 13.1. The van der Waals surface area contributed by atoms with E-state index in [0.29, 0.717) is 11.1 Å². The highest BCUT2D eigenvalue weighted by Gasteiger charge is 2.09. The smallest absolute Gasteiger partial charge is 0.166 e. The molecular weight excluding hydrogens is 181 g/mol. The fraction of sp³-hybridized carbons (Fsp3) is 0. The number of fused-ring (bicyclic) bond motifs is 1. The first-order valence-electron chi connectivity index (χ1n) is 3.96. The molecule has 0 unspecified atom stereocenters. The number of hydrogen-bond donors (Lipinski definition) is 1. The molecule has 2 heterocycles. The Labute approximate surface area is 79.5 Å². The molecule has 3 nitrogen and oxygen atoms in total. The monoisotopic (exact) mass is 187 g/mol. The van der Waals surface area contributed by atoms with Crippen molar-refractivity contribution >= 4 is 17.1 Å². The second-order valence-corrected chi connectivity index (χ2v) is 2.77. The number of H-pyrrole nitrogens is 1. The molecule has 0 spiro atoms. The lowest BCUT2D eigenvalue weighted by Gasteiger charge is -1.96. The van der Waals surface area contributed by atoms with Gasteiger partial charge in [0.05, 0.1) is 5.52 Å². The van der Waals surface area contributed by atoms with Crippen molar-refractivity contribution in [3.63, 3.8) is 0 Å². The van der Waals surface area contributed by atoms with Gasteiger partial charge in [0.25, 0.3) is 0 Å². The minimum atomic E-state index is -0.458. The molecule has 14 heavy (non-hydrogen) atoms. The number of hydrogen-bond acceptors (Lipinski definition) is 2. The van der Waals surface area contributed by atoms with Crippen LogP contribution in [0.3, 0.4) is 0 Å². The van der Waals surface area contributed by atoms with Gasteiger partial charge in [-0.3, -0.25) is 0 Å². The highest BCUT2D eigenvalue weighted by molar-refractivity contribution is 5.85. The van der Waals surface area contributed by atoms with Gasteiger partial charge in [0.15, 0.2) is 5.82 Å². The van der Waals surface area contributed by atoms with Crippen LogP contribution in [0.1, 0.15) is 11.3 Å². The molecule has 0 saturated heterocycles. The third kappa shape index (κ3) is 1.07. The van der Waals surface area contributed by atoms with Gasteiger partial charge in [-0.2, -0.15) is 5.26 Å². The van der Waals surface area contributed by atoms with Gasteiger partial charge in [-0.25, -0.2) is 9.37 Å². The van der Waals surface area contributed by atoms with Gasteiger partial charge in [0.1, 0.15) is 17.3 Å². The van der Waals surface area contributed by atoms with Gasteiger partial charge in [0.2, 0.25) is 0 Å². The van der Waals surface area contributed by atoms with Crippen LogP contribution in [0.5, 0.6) is 0 Å². The Balaban J connectivity index is 2.91. The lowest BCUT2D eigenvalue weighted by atomic mass is 10.2. The number of nitrogens with one attached hydrogen (secondary N) is 1. The lowest BCUT2D eigenvalue weighted by Crippen LogP contribution is -1.87. The third-order valence-corrected chi connectivity index (χ3v) is 1.95. The average Bonchev–Trinajstić information content (AvgIpc) is 2.59. The molecule has 0 saturated carbocycles. The summed E-state index contributed by atoms with van der Waals surface area (Å²) >= 11 is 0. The zero-order valence-corrected chi connectivity index (χ0v) is 7.21. The van der Waals surface area contributed by atoms with Crippen molar-refractivity contribution in [3.05, 3.63) is 35.9 Å². The average molecular weight is 187 g/mol. The van der Waals surface area contributed by atoms with Gasteiger partial charge in [-0.15, -0.1) is 0 Å². The summed E-state index contributed by atoms with van der Waals surface area (Å²) in [5, 5.41) is 8.67. The molecule has 0 aliphatic rings. The topological polar surface area (TPSA) is 52.5 Å². The molecule has 2 aromatic heterocycles. The van der Waals surface area contributed by atoms with Gasteiger partial charge in [0, 0.05) is 11.8 Å². The Kier molecular flexibility index (Phi) is 1.79. The van der Waals surface area contributed by atoms with Crippen LogP contribution >= 0.6 is 0 Å². The summed E-state index contributed by atoms with van der Waals surface area (Å²) in [6, 6.07) is 3.43. The summed E-state index contributed by atoms with van der Waals surface area (Å²) in [5.41, 5.74) is 1.61. The Morgan fingerprint density at radius 3 is 3.07 bits per heavy atom. The van der Waals surface area contributed by atoms with E-state index in [2.05, 4.69) is 16.5 Å². The summed E-state index contributed by atoms with van der Waals surface area (Å²) in [5.74, 6) is -0.458. The number of nitrogens with zero attached hydrogens (tertiary/aromatic N) is 2. The van der Waals surface area contributed by atoms with E-state index in [4.69, 9.17) is 5.26 Å². The molecule has 0 bridgehead atoms. The van der Waals surface area contributed by atoms with E-state index in [1.807, 2.05) is 6.07 Å². The first kappa shape index (κ1) is 8.45. The fourth-order valence-electron chi connectivity index (χ4n) is 1.31. The lowest BCUT2D eigenvalue weighted by molar-refractivity contribution is 0.636. The van der Waals surface area contributed by atoms with Crippen LogP contribution in [-0.4, -0.2) is 9.97 Å². The SMILES string of the molecule is C=Cc1cc(C#N)nc2c(F)c[nH]c12. The summed E-state index contributed by atoms with van der Waals surface area (Å²) in [7, 11) is 0. The van der Waals surface area contributed by atoms with Crippen molar-refractivity contribution in [2.24, 2.45) is 0 Å². The number of halogens is 1. The van der Waals surface area contributed by atoms with Gasteiger partial charge < -0.3 is 4.98 Å². The van der Waals surface area contributed by atoms with Crippen molar-refractivity contribution in [1.82, 2.24) is 9.97 Å². The zero-order valence-electron chi connectivity index (χ0n) is 7.21. The Morgan fingerprint density at radius 1 is 1.64 bits per heavy atom. The molecule has 4 heteroatoms. The predicted octanol–water partition coefficient (Wildman–Crippen LogP) is 2.22. The standard InChI is InChI=1S/C10H6FN3/c1-2-6-3-7(4-12)14-10-8(11)5-13-9(6)10/h2-3,5,13H,1H2. The molecule has 68 valence electrons. The van der Waals surface area contributed by atoms with E-state index < -0.39 is 5.82 Å². The fourth-order valence-corrected chi connectivity index (χ4v) is 1.31. The minimum absolute atomic E-state index is 0.180. The number of rotatable bonds is 1. The Bertz CT molecular complexity index is 548. The molecular formula is C10H6FN3. The van der Waals surface area contributed by atoms with Gasteiger partial charge in [-0.1, -0.05) is 12.7 Å². The third-order valence-electron chi connectivity index (χ3n) is 1.95. The Hall–Kier alpha value is -2.15. The normalized spacial score (nSPS) is 10.0. The molecule has 0 aliphatic carbocycles. The molecule has 0 fully saturated rings. The van der Waals surface area contributed by atoms with E-state index >= 15 is 0 Å². The zero-order chi connectivity index (χ0) is 10.1. The van der Waals surface area contributed by atoms with Crippen LogP contribution in [0.4, 0.5) is 4.39 Å². The van der Waals surface area contributed by atoms with Crippen LogP contribution < -0.4 is 0 Å². The van der Waals surface area contributed by atoms with Gasteiger partial charge >= 0.3 is 0 Å². The first-order chi connectivity index (χ1) is 6.76. The number of aromatic nitrogens is 2. The molecule has 0 atom stereocenters. The maximum Gasteiger partial charge on any atom is 0.166 e. The molecule has 0 amide bonds.